The van der Waals surface area contributed by atoms with Crippen LogP contribution in [0.1, 0.15) is 6.92 Å². The molecule has 0 aliphatic carbocycles. The summed E-state index contributed by atoms with van der Waals surface area (Å²) in [5.41, 5.74) is 0. The predicted octanol–water partition coefficient (Wildman–Crippen LogP) is 2.22. The monoisotopic (exact) mass is 146 g/mol. The molecule has 0 spiro atoms. The summed E-state index contributed by atoms with van der Waals surface area (Å²) in [6, 6.07) is 0. The van der Waals surface area contributed by atoms with Crippen LogP contribution in [-0.4, -0.2) is 18.0 Å². The highest BCUT2D eigenvalue weighted by atomic mass is 35.5. The first-order chi connectivity index (χ1) is 3.48. The van der Waals surface area contributed by atoms with Gasteiger partial charge in [-0.05, 0) is 0 Å². The first-order valence-electron chi connectivity index (χ1n) is 2.06. The van der Waals surface area contributed by atoms with Crippen LogP contribution in [-0.2, 0) is 0 Å². The summed E-state index contributed by atoms with van der Waals surface area (Å²) in [7, 11) is 0. The number of hydrogen-bond acceptors (Lipinski definition) is 0. The standard InChI is InChI=1S/C4H6ClF3/c1-4(7,8)3(6)2-5/h3H,2H2,1H3. The Kier molecular flexibility index (Phi) is 2.60. The third-order valence-electron chi connectivity index (χ3n) is 0.685. The summed E-state index contributed by atoms with van der Waals surface area (Å²) in [6.45, 7) is 0.500. The molecule has 0 aromatic rings. The third kappa shape index (κ3) is 2.40. The van der Waals surface area contributed by atoms with Gasteiger partial charge in [0, 0.05) is 6.92 Å². The van der Waals surface area contributed by atoms with Gasteiger partial charge in [-0.3, -0.25) is 0 Å². The topological polar surface area (TPSA) is 0 Å². The van der Waals surface area contributed by atoms with Gasteiger partial charge in [-0.1, -0.05) is 0 Å². The Bertz CT molecular complexity index is 68.2. The Morgan fingerprint density at radius 2 is 2.00 bits per heavy atom. The van der Waals surface area contributed by atoms with Crippen LogP contribution in [0.2, 0.25) is 0 Å². The summed E-state index contributed by atoms with van der Waals surface area (Å²) < 4.78 is 35.1. The van der Waals surface area contributed by atoms with Crippen molar-refractivity contribution >= 4 is 11.6 Å². The van der Waals surface area contributed by atoms with Crippen LogP contribution >= 0.6 is 11.6 Å². The molecular formula is C4H6ClF3. The lowest BCUT2D eigenvalue weighted by molar-refractivity contribution is -0.0454. The molecule has 0 radical (unpaired) electrons. The zero-order chi connectivity index (χ0) is 6.78. The van der Waals surface area contributed by atoms with E-state index in [1.807, 2.05) is 0 Å². The quantitative estimate of drug-likeness (QED) is 0.524. The summed E-state index contributed by atoms with van der Waals surface area (Å²) in [5, 5.41) is 0. The van der Waals surface area contributed by atoms with Gasteiger partial charge in [0.2, 0.25) is 0 Å². The molecule has 0 saturated heterocycles. The largest absolute Gasteiger partial charge is 0.277 e. The van der Waals surface area contributed by atoms with Gasteiger partial charge >= 0.3 is 0 Å². The van der Waals surface area contributed by atoms with Crippen molar-refractivity contribution in [1.29, 1.82) is 0 Å². The molecule has 0 aromatic carbocycles. The minimum absolute atomic E-state index is 0.500. The van der Waals surface area contributed by atoms with Crippen LogP contribution in [0, 0.1) is 0 Å². The predicted molar refractivity (Wildman–Crippen MR) is 26.2 cm³/mol. The summed E-state index contributed by atoms with van der Waals surface area (Å²) in [6.07, 6.45) is -2.22. The van der Waals surface area contributed by atoms with Gasteiger partial charge in [0.1, 0.15) is 0 Å². The van der Waals surface area contributed by atoms with E-state index in [0.29, 0.717) is 6.92 Å². The number of rotatable bonds is 2. The zero-order valence-electron chi connectivity index (χ0n) is 4.30. The zero-order valence-corrected chi connectivity index (χ0v) is 5.05. The molecule has 0 rings (SSSR count). The van der Waals surface area contributed by atoms with E-state index in [2.05, 4.69) is 0 Å². The molecule has 0 saturated carbocycles. The Balaban J connectivity index is 3.62. The van der Waals surface area contributed by atoms with Crippen LogP contribution < -0.4 is 0 Å². The Labute approximate surface area is 50.6 Å². The van der Waals surface area contributed by atoms with Crippen LogP contribution in [0.25, 0.3) is 0 Å². The maximum Gasteiger partial charge on any atom is 0.277 e. The van der Waals surface area contributed by atoms with E-state index in [1.165, 1.54) is 0 Å². The van der Waals surface area contributed by atoms with Crippen LogP contribution in [0.5, 0.6) is 0 Å². The summed E-state index contributed by atoms with van der Waals surface area (Å²) in [5.74, 6) is -3.94. The maximum absolute atomic E-state index is 11.8. The molecule has 0 aromatic heterocycles. The second-order valence-corrected chi connectivity index (χ2v) is 1.89. The fourth-order valence-electron chi connectivity index (χ4n) is 0.135. The normalized spacial score (nSPS) is 16.1. The van der Waals surface area contributed by atoms with Crippen molar-refractivity contribution in [1.82, 2.24) is 0 Å². The molecule has 0 fully saturated rings. The smallest absolute Gasteiger partial charge is 0.240 e. The second-order valence-electron chi connectivity index (χ2n) is 1.58. The Morgan fingerprint density at radius 1 is 1.62 bits per heavy atom. The van der Waals surface area contributed by atoms with Crippen molar-refractivity contribution in [3.8, 4) is 0 Å². The van der Waals surface area contributed by atoms with Crippen molar-refractivity contribution < 1.29 is 13.2 Å². The van der Waals surface area contributed by atoms with E-state index in [9.17, 15) is 13.2 Å². The molecule has 0 N–H and O–H groups in total. The van der Waals surface area contributed by atoms with Crippen LogP contribution in [0.4, 0.5) is 13.2 Å². The van der Waals surface area contributed by atoms with Crippen molar-refractivity contribution in [3.05, 3.63) is 0 Å². The minimum atomic E-state index is -3.29. The Morgan fingerprint density at radius 3 is 2.00 bits per heavy atom. The SMILES string of the molecule is CC(F)(F)C(F)CCl. The van der Waals surface area contributed by atoms with Gasteiger partial charge in [0.25, 0.3) is 5.92 Å². The van der Waals surface area contributed by atoms with E-state index in [0.717, 1.165) is 0 Å². The molecule has 1 atom stereocenters. The highest BCUT2D eigenvalue weighted by Gasteiger charge is 2.33. The Hall–Kier alpha value is 0.0800. The summed E-state index contributed by atoms with van der Waals surface area (Å²) >= 11 is 4.78. The fourth-order valence-corrected chi connectivity index (χ4v) is 0.406. The van der Waals surface area contributed by atoms with Crippen LogP contribution in [0.15, 0.2) is 0 Å². The highest BCUT2D eigenvalue weighted by Crippen LogP contribution is 2.20. The number of hydrogen-bond donors (Lipinski definition) is 0. The van der Waals surface area contributed by atoms with Crippen molar-refractivity contribution in [2.75, 3.05) is 5.88 Å². The van der Waals surface area contributed by atoms with Gasteiger partial charge in [-0.15, -0.1) is 11.6 Å². The van der Waals surface area contributed by atoms with E-state index in [-0.39, 0.29) is 0 Å². The number of alkyl halides is 4. The highest BCUT2D eigenvalue weighted by molar-refractivity contribution is 6.18. The van der Waals surface area contributed by atoms with E-state index in [4.69, 9.17) is 11.6 Å². The van der Waals surface area contributed by atoms with Crippen LogP contribution in [0.3, 0.4) is 0 Å². The molecule has 0 heterocycles. The lowest BCUT2D eigenvalue weighted by atomic mass is 10.3. The third-order valence-corrected chi connectivity index (χ3v) is 0.956. The first kappa shape index (κ1) is 8.08. The number of halogens is 4. The van der Waals surface area contributed by atoms with Gasteiger partial charge in [-0.25, -0.2) is 13.2 Å². The lowest BCUT2D eigenvalue weighted by Gasteiger charge is -2.11. The molecule has 8 heavy (non-hydrogen) atoms. The molecule has 0 bridgehead atoms. The molecule has 4 heteroatoms. The van der Waals surface area contributed by atoms with Crippen molar-refractivity contribution in [3.63, 3.8) is 0 Å². The molecule has 0 aliphatic rings. The van der Waals surface area contributed by atoms with E-state index >= 15 is 0 Å². The van der Waals surface area contributed by atoms with E-state index in [1.54, 1.807) is 0 Å². The lowest BCUT2D eigenvalue weighted by Crippen LogP contribution is -2.26. The molecule has 50 valence electrons. The van der Waals surface area contributed by atoms with E-state index < -0.39 is 18.0 Å². The van der Waals surface area contributed by atoms with Gasteiger partial charge < -0.3 is 0 Å². The average molecular weight is 147 g/mol. The van der Waals surface area contributed by atoms with Crippen molar-refractivity contribution in [2.45, 2.75) is 19.0 Å². The van der Waals surface area contributed by atoms with Gasteiger partial charge in [0.15, 0.2) is 6.17 Å². The summed E-state index contributed by atoms with van der Waals surface area (Å²) in [4.78, 5) is 0. The van der Waals surface area contributed by atoms with Gasteiger partial charge in [0.05, 0.1) is 5.88 Å². The second kappa shape index (κ2) is 2.58. The fraction of sp³-hybridized carbons (Fsp3) is 1.00. The molecule has 1 unspecified atom stereocenters. The molecule has 0 aliphatic heterocycles. The molecule has 0 nitrogen and oxygen atoms in total. The van der Waals surface area contributed by atoms with Gasteiger partial charge in [-0.2, -0.15) is 0 Å². The van der Waals surface area contributed by atoms with Crippen molar-refractivity contribution in [2.24, 2.45) is 0 Å². The maximum atomic E-state index is 11.8. The first-order valence-corrected chi connectivity index (χ1v) is 2.59. The molecule has 0 amide bonds. The average Bonchev–Trinajstić information content (AvgIpc) is 1.62. The minimum Gasteiger partial charge on any atom is -0.240 e. The molecular weight excluding hydrogens is 140 g/mol.